The first-order valence-corrected chi connectivity index (χ1v) is 7.68. The van der Waals surface area contributed by atoms with Crippen LogP contribution in [-0.4, -0.2) is 21.7 Å². The van der Waals surface area contributed by atoms with Gasteiger partial charge in [-0.25, -0.2) is 9.97 Å². The van der Waals surface area contributed by atoms with Crippen molar-refractivity contribution in [1.82, 2.24) is 9.97 Å². The molecule has 25 heavy (non-hydrogen) atoms. The molecule has 6 heteroatoms. The summed E-state index contributed by atoms with van der Waals surface area (Å²) in [5.74, 6) is 0.104. The van der Waals surface area contributed by atoms with Crippen LogP contribution >= 0.6 is 0 Å². The van der Waals surface area contributed by atoms with Gasteiger partial charge < -0.3 is 10.6 Å². The third-order valence-electron chi connectivity index (χ3n) is 3.49. The predicted octanol–water partition coefficient (Wildman–Crippen LogP) is 3.68. The van der Waals surface area contributed by atoms with Crippen molar-refractivity contribution >= 4 is 29.0 Å². The van der Waals surface area contributed by atoms with E-state index in [0.717, 1.165) is 5.69 Å². The predicted molar refractivity (Wildman–Crippen MR) is 96.2 cm³/mol. The molecule has 1 heterocycles. The van der Waals surface area contributed by atoms with Gasteiger partial charge in [0.1, 0.15) is 0 Å². The molecule has 0 aliphatic carbocycles. The average Bonchev–Trinajstić information content (AvgIpc) is 2.63. The van der Waals surface area contributed by atoms with E-state index in [2.05, 4.69) is 20.6 Å². The van der Waals surface area contributed by atoms with E-state index < -0.39 is 0 Å². The van der Waals surface area contributed by atoms with E-state index in [1.54, 1.807) is 36.4 Å². The van der Waals surface area contributed by atoms with Crippen molar-refractivity contribution in [3.05, 3.63) is 78.1 Å². The van der Waals surface area contributed by atoms with E-state index in [1.165, 1.54) is 19.3 Å². The van der Waals surface area contributed by atoms with E-state index in [-0.39, 0.29) is 11.7 Å². The first-order valence-electron chi connectivity index (χ1n) is 7.68. The molecular formula is C19H16N4O2. The molecule has 1 aromatic heterocycles. The lowest BCUT2D eigenvalue weighted by atomic mass is 10.1. The molecule has 124 valence electrons. The maximum atomic E-state index is 12.1. The number of benzene rings is 2. The molecule has 6 nitrogen and oxygen atoms in total. The van der Waals surface area contributed by atoms with Crippen LogP contribution in [0.4, 0.5) is 17.3 Å². The number of nitrogens with zero attached hydrogens (tertiary/aromatic N) is 2. The Balaban J connectivity index is 1.65. The number of para-hydroxylation sites is 1. The van der Waals surface area contributed by atoms with Crippen molar-refractivity contribution in [2.75, 3.05) is 10.6 Å². The quantitative estimate of drug-likeness (QED) is 0.696. The molecule has 0 aliphatic rings. The van der Waals surface area contributed by atoms with E-state index in [4.69, 9.17) is 0 Å². The summed E-state index contributed by atoms with van der Waals surface area (Å²) in [7, 11) is 0. The molecule has 2 N–H and O–H groups in total. The number of anilines is 3. The highest BCUT2D eigenvalue weighted by Crippen LogP contribution is 2.14. The summed E-state index contributed by atoms with van der Waals surface area (Å²) in [4.78, 5) is 31.7. The second-order valence-electron chi connectivity index (χ2n) is 5.37. The summed E-state index contributed by atoms with van der Waals surface area (Å²) in [5, 5.41) is 5.79. The van der Waals surface area contributed by atoms with Crippen LogP contribution in [0, 0.1) is 0 Å². The third-order valence-corrected chi connectivity index (χ3v) is 3.49. The summed E-state index contributed by atoms with van der Waals surface area (Å²) in [5.41, 5.74) is 2.47. The fraction of sp³-hybridized carbons (Fsp3) is 0.0526. The molecule has 0 fully saturated rings. The molecule has 0 unspecified atom stereocenters. The lowest BCUT2D eigenvalue weighted by Crippen LogP contribution is -2.13. The van der Waals surface area contributed by atoms with Gasteiger partial charge in [-0.2, -0.15) is 0 Å². The molecule has 2 aromatic carbocycles. The van der Waals surface area contributed by atoms with Crippen LogP contribution in [0.15, 0.2) is 67.0 Å². The molecule has 0 radical (unpaired) electrons. The monoisotopic (exact) mass is 332 g/mol. The average molecular weight is 332 g/mol. The smallest absolute Gasteiger partial charge is 0.258 e. The summed E-state index contributed by atoms with van der Waals surface area (Å²) in [6.07, 6.45) is 2.91. The number of carbonyl (C=O) groups excluding carboxylic acids is 2. The minimum atomic E-state index is -0.274. The molecule has 3 aromatic rings. The Labute approximate surface area is 145 Å². The number of hydrogen-bond donors (Lipinski definition) is 2. The molecule has 0 atom stereocenters. The van der Waals surface area contributed by atoms with Gasteiger partial charge in [-0.1, -0.05) is 18.2 Å². The Hall–Kier alpha value is -3.54. The largest absolute Gasteiger partial charge is 0.324 e. The van der Waals surface area contributed by atoms with Crippen LogP contribution in [-0.2, 0) is 0 Å². The standard InChI is InChI=1S/C19H16N4O2/c1-13(24)14-7-9-17(10-8-14)23-19-20-11-15(12-21-19)18(25)22-16-5-3-2-4-6-16/h2-12H,1H3,(H,22,25)(H,20,21,23). The second-order valence-corrected chi connectivity index (χ2v) is 5.37. The molecule has 0 bridgehead atoms. The number of carbonyl (C=O) groups is 2. The van der Waals surface area contributed by atoms with Crippen LogP contribution in [0.2, 0.25) is 0 Å². The van der Waals surface area contributed by atoms with Crippen molar-refractivity contribution in [3.8, 4) is 0 Å². The number of hydrogen-bond acceptors (Lipinski definition) is 5. The highest BCUT2D eigenvalue weighted by atomic mass is 16.1. The zero-order valence-corrected chi connectivity index (χ0v) is 13.6. The van der Waals surface area contributed by atoms with Crippen LogP contribution < -0.4 is 10.6 Å². The number of nitrogens with one attached hydrogen (secondary N) is 2. The lowest BCUT2D eigenvalue weighted by Gasteiger charge is -2.07. The van der Waals surface area contributed by atoms with Gasteiger partial charge in [0.05, 0.1) is 5.56 Å². The fourth-order valence-electron chi connectivity index (χ4n) is 2.15. The molecule has 0 spiro atoms. The van der Waals surface area contributed by atoms with Crippen LogP contribution in [0.25, 0.3) is 0 Å². The van der Waals surface area contributed by atoms with Gasteiger partial charge >= 0.3 is 0 Å². The maximum absolute atomic E-state index is 12.1. The van der Waals surface area contributed by atoms with Crippen molar-refractivity contribution in [1.29, 1.82) is 0 Å². The Morgan fingerprint density at radius 3 is 2.04 bits per heavy atom. The molecular weight excluding hydrogens is 316 g/mol. The van der Waals surface area contributed by atoms with Gasteiger partial charge in [-0.3, -0.25) is 9.59 Å². The van der Waals surface area contributed by atoms with Gasteiger partial charge in [-0.15, -0.1) is 0 Å². The Bertz CT molecular complexity index is 876. The first-order chi connectivity index (χ1) is 12.1. The zero-order valence-electron chi connectivity index (χ0n) is 13.6. The van der Waals surface area contributed by atoms with E-state index in [0.29, 0.717) is 22.8 Å². The molecule has 3 rings (SSSR count). The Morgan fingerprint density at radius 2 is 1.44 bits per heavy atom. The molecule has 0 saturated heterocycles. The van der Waals surface area contributed by atoms with Gasteiger partial charge in [-0.05, 0) is 43.3 Å². The summed E-state index contributed by atoms with van der Waals surface area (Å²) >= 11 is 0. The topological polar surface area (TPSA) is 84.0 Å². The summed E-state index contributed by atoms with van der Waals surface area (Å²) < 4.78 is 0. The SMILES string of the molecule is CC(=O)c1ccc(Nc2ncc(C(=O)Nc3ccccc3)cn2)cc1. The Kier molecular flexibility index (Phi) is 4.80. The van der Waals surface area contributed by atoms with Crippen molar-refractivity contribution in [2.45, 2.75) is 6.92 Å². The highest BCUT2D eigenvalue weighted by Gasteiger charge is 2.08. The highest BCUT2D eigenvalue weighted by molar-refractivity contribution is 6.03. The van der Waals surface area contributed by atoms with E-state index >= 15 is 0 Å². The molecule has 0 saturated carbocycles. The van der Waals surface area contributed by atoms with Crippen LogP contribution in [0.1, 0.15) is 27.6 Å². The number of rotatable bonds is 5. The van der Waals surface area contributed by atoms with Gasteiger partial charge in [0, 0.05) is 29.3 Å². The van der Waals surface area contributed by atoms with Crippen LogP contribution in [0.3, 0.4) is 0 Å². The lowest BCUT2D eigenvalue weighted by molar-refractivity contribution is 0.101. The van der Waals surface area contributed by atoms with Crippen molar-refractivity contribution in [2.24, 2.45) is 0 Å². The minimum absolute atomic E-state index is 0.0107. The number of ketones is 1. The van der Waals surface area contributed by atoms with E-state index in [1.807, 2.05) is 18.2 Å². The normalized spacial score (nSPS) is 10.1. The number of Topliss-reactive ketones (excluding diaryl/α,β-unsaturated/α-hetero) is 1. The summed E-state index contributed by atoms with van der Waals surface area (Å²) in [6, 6.07) is 16.2. The number of amides is 1. The van der Waals surface area contributed by atoms with Gasteiger partial charge in [0.2, 0.25) is 5.95 Å². The third kappa shape index (κ3) is 4.26. The maximum Gasteiger partial charge on any atom is 0.258 e. The van der Waals surface area contributed by atoms with Crippen molar-refractivity contribution < 1.29 is 9.59 Å². The molecule has 1 amide bonds. The Morgan fingerprint density at radius 1 is 0.800 bits per heavy atom. The minimum Gasteiger partial charge on any atom is -0.324 e. The first kappa shape index (κ1) is 16.3. The van der Waals surface area contributed by atoms with Crippen LogP contribution in [0.5, 0.6) is 0 Å². The second kappa shape index (κ2) is 7.35. The fourth-order valence-corrected chi connectivity index (χ4v) is 2.15. The van der Waals surface area contributed by atoms with Crippen molar-refractivity contribution in [3.63, 3.8) is 0 Å². The van der Waals surface area contributed by atoms with Gasteiger partial charge in [0.15, 0.2) is 5.78 Å². The van der Waals surface area contributed by atoms with E-state index in [9.17, 15) is 9.59 Å². The zero-order chi connectivity index (χ0) is 17.6. The molecule has 0 aliphatic heterocycles. The summed E-state index contributed by atoms with van der Waals surface area (Å²) in [6.45, 7) is 1.52. The number of aromatic nitrogens is 2. The van der Waals surface area contributed by atoms with Gasteiger partial charge in [0.25, 0.3) is 5.91 Å².